The van der Waals surface area contributed by atoms with Crippen LogP contribution in [0.5, 0.6) is 5.88 Å². The molecular formula is C13H23N3O. The zero-order valence-corrected chi connectivity index (χ0v) is 11.7. The summed E-state index contributed by atoms with van der Waals surface area (Å²) in [5.41, 5.74) is 0.291. The van der Waals surface area contributed by atoms with Gasteiger partial charge < -0.3 is 10.1 Å². The van der Waals surface area contributed by atoms with E-state index in [-0.39, 0.29) is 0 Å². The van der Waals surface area contributed by atoms with Crippen LogP contribution in [0.1, 0.15) is 33.5 Å². The molecule has 1 rings (SSSR count). The summed E-state index contributed by atoms with van der Waals surface area (Å²) in [6.45, 7) is 11.7. The molecule has 0 saturated heterocycles. The number of methoxy groups -OCH3 is 1. The molecule has 4 heteroatoms. The Kier molecular flexibility index (Phi) is 4.32. The van der Waals surface area contributed by atoms with Crippen molar-refractivity contribution in [2.75, 3.05) is 19.0 Å². The van der Waals surface area contributed by atoms with Gasteiger partial charge in [0, 0.05) is 12.6 Å². The molecule has 1 aromatic heterocycles. The molecular weight excluding hydrogens is 214 g/mol. The number of aryl methyl sites for hydroxylation is 1. The van der Waals surface area contributed by atoms with Crippen molar-refractivity contribution in [1.82, 2.24) is 9.97 Å². The lowest BCUT2D eigenvalue weighted by molar-refractivity contribution is 0.274. The summed E-state index contributed by atoms with van der Waals surface area (Å²) in [4.78, 5) is 8.49. The average Bonchev–Trinajstić information content (AvgIpc) is 2.23. The fraction of sp³-hybridized carbons (Fsp3) is 0.692. The van der Waals surface area contributed by atoms with Crippen molar-refractivity contribution in [2.45, 2.75) is 34.6 Å². The Bertz CT molecular complexity index is 371. The first-order valence-electron chi connectivity index (χ1n) is 5.96. The van der Waals surface area contributed by atoms with E-state index >= 15 is 0 Å². The highest BCUT2D eigenvalue weighted by Gasteiger charge is 2.19. The molecule has 0 amide bonds. The summed E-state index contributed by atoms with van der Waals surface area (Å²) in [6, 6.07) is 1.82. The molecule has 0 fully saturated rings. The third-order valence-electron chi connectivity index (χ3n) is 3.09. The van der Waals surface area contributed by atoms with Gasteiger partial charge in [0.2, 0.25) is 5.88 Å². The number of nitrogens with zero attached hydrogens (tertiary/aromatic N) is 2. The van der Waals surface area contributed by atoms with Crippen LogP contribution in [0.4, 0.5) is 5.82 Å². The molecule has 1 unspecified atom stereocenters. The molecule has 17 heavy (non-hydrogen) atoms. The topological polar surface area (TPSA) is 47.0 Å². The second-order valence-electron chi connectivity index (χ2n) is 5.49. The molecule has 1 aromatic rings. The van der Waals surface area contributed by atoms with Gasteiger partial charge in [0.25, 0.3) is 0 Å². The van der Waals surface area contributed by atoms with Gasteiger partial charge in [-0.05, 0) is 18.3 Å². The lowest BCUT2D eigenvalue weighted by Crippen LogP contribution is -2.25. The molecule has 0 radical (unpaired) electrons. The maximum Gasteiger partial charge on any atom is 0.218 e. The van der Waals surface area contributed by atoms with Crippen molar-refractivity contribution in [2.24, 2.45) is 11.3 Å². The van der Waals surface area contributed by atoms with Gasteiger partial charge in [0.1, 0.15) is 11.6 Å². The Morgan fingerprint density at radius 2 is 2.00 bits per heavy atom. The summed E-state index contributed by atoms with van der Waals surface area (Å²) < 4.78 is 5.12. The Morgan fingerprint density at radius 1 is 1.35 bits per heavy atom. The van der Waals surface area contributed by atoms with E-state index in [4.69, 9.17) is 4.74 Å². The van der Waals surface area contributed by atoms with Crippen molar-refractivity contribution in [3.8, 4) is 5.88 Å². The standard InChI is InChI=1S/C13H23N3O/c1-9(13(3,4)5)8-14-11-7-12(17-6)16-10(2)15-11/h7,9H,8H2,1-6H3,(H,14,15,16). The van der Waals surface area contributed by atoms with E-state index < -0.39 is 0 Å². The van der Waals surface area contributed by atoms with Gasteiger partial charge in [-0.15, -0.1) is 0 Å². The highest BCUT2D eigenvalue weighted by Crippen LogP contribution is 2.25. The summed E-state index contributed by atoms with van der Waals surface area (Å²) in [5, 5.41) is 3.34. The first-order chi connectivity index (χ1) is 7.82. The normalized spacial score (nSPS) is 13.3. The Labute approximate surface area is 104 Å². The van der Waals surface area contributed by atoms with Crippen LogP contribution in [0.2, 0.25) is 0 Å². The Balaban J connectivity index is 2.66. The summed E-state index contributed by atoms with van der Waals surface area (Å²) in [6.07, 6.45) is 0. The molecule has 0 bridgehead atoms. The maximum atomic E-state index is 5.12. The van der Waals surface area contributed by atoms with Crippen LogP contribution in [-0.2, 0) is 0 Å². The molecule has 0 aromatic carbocycles. The lowest BCUT2D eigenvalue weighted by atomic mass is 9.82. The maximum absolute atomic E-state index is 5.12. The van der Waals surface area contributed by atoms with E-state index in [0.29, 0.717) is 17.2 Å². The molecule has 0 saturated carbocycles. The van der Waals surface area contributed by atoms with Crippen LogP contribution in [-0.4, -0.2) is 23.6 Å². The van der Waals surface area contributed by atoms with E-state index in [1.54, 1.807) is 7.11 Å². The van der Waals surface area contributed by atoms with Crippen molar-refractivity contribution in [1.29, 1.82) is 0 Å². The summed E-state index contributed by atoms with van der Waals surface area (Å²) in [7, 11) is 1.61. The lowest BCUT2D eigenvalue weighted by Gasteiger charge is -2.27. The minimum Gasteiger partial charge on any atom is -0.481 e. The van der Waals surface area contributed by atoms with Crippen molar-refractivity contribution in [3.63, 3.8) is 0 Å². The van der Waals surface area contributed by atoms with Crippen LogP contribution in [0.3, 0.4) is 0 Å². The average molecular weight is 237 g/mol. The fourth-order valence-corrected chi connectivity index (χ4v) is 1.30. The van der Waals surface area contributed by atoms with E-state index in [1.807, 2.05) is 13.0 Å². The molecule has 0 aliphatic heterocycles. The Hall–Kier alpha value is -1.32. The number of nitrogens with one attached hydrogen (secondary N) is 1. The highest BCUT2D eigenvalue weighted by molar-refractivity contribution is 5.38. The van der Waals surface area contributed by atoms with Crippen LogP contribution >= 0.6 is 0 Å². The van der Waals surface area contributed by atoms with Gasteiger partial charge >= 0.3 is 0 Å². The number of rotatable bonds is 4. The minimum absolute atomic E-state index is 0.291. The second-order valence-corrected chi connectivity index (χ2v) is 5.49. The first-order valence-corrected chi connectivity index (χ1v) is 5.96. The zero-order chi connectivity index (χ0) is 13.1. The van der Waals surface area contributed by atoms with E-state index in [1.165, 1.54) is 0 Å². The van der Waals surface area contributed by atoms with Gasteiger partial charge in [0.05, 0.1) is 7.11 Å². The molecule has 1 atom stereocenters. The molecule has 1 heterocycles. The SMILES string of the molecule is COc1cc(NCC(C)C(C)(C)C)nc(C)n1. The van der Waals surface area contributed by atoms with Gasteiger partial charge in [-0.25, -0.2) is 4.98 Å². The van der Waals surface area contributed by atoms with E-state index in [0.717, 1.165) is 18.2 Å². The second kappa shape index (κ2) is 5.34. The number of aromatic nitrogens is 2. The smallest absolute Gasteiger partial charge is 0.218 e. The van der Waals surface area contributed by atoms with Gasteiger partial charge in [-0.1, -0.05) is 27.7 Å². The van der Waals surface area contributed by atoms with E-state index in [2.05, 4.69) is 43.0 Å². The molecule has 96 valence electrons. The molecule has 0 spiro atoms. The van der Waals surface area contributed by atoms with Gasteiger partial charge in [-0.2, -0.15) is 4.98 Å². The minimum atomic E-state index is 0.291. The van der Waals surface area contributed by atoms with Crippen LogP contribution in [0.25, 0.3) is 0 Å². The number of ether oxygens (including phenoxy) is 1. The van der Waals surface area contributed by atoms with Crippen molar-refractivity contribution in [3.05, 3.63) is 11.9 Å². The molecule has 1 N–H and O–H groups in total. The predicted octanol–water partition coefficient (Wildman–Crippen LogP) is 2.89. The van der Waals surface area contributed by atoms with Crippen molar-refractivity contribution < 1.29 is 4.74 Å². The molecule has 0 aliphatic rings. The van der Waals surface area contributed by atoms with Crippen LogP contribution in [0, 0.1) is 18.3 Å². The molecule has 4 nitrogen and oxygen atoms in total. The first kappa shape index (κ1) is 13.7. The van der Waals surface area contributed by atoms with E-state index in [9.17, 15) is 0 Å². The Morgan fingerprint density at radius 3 is 2.53 bits per heavy atom. The highest BCUT2D eigenvalue weighted by atomic mass is 16.5. The zero-order valence-electron chi connectivity index (χ0n) is 11.7. The number of hydrogen-bond acceptors (Lipinski definition) is 4. The van der Waals surface area contributed by atoms with Crippen LogP contribution < -0.4 is 10.1 Å². The fourth-order valence-electron chi connectivity index (χ4n) is 1.30. The summed E-state index contributed by atoms with van der Waals surface area (Å²) >= 11 is 0. The third-order valence-corrected chi connectivity index (χ3v) is 3.09. The van der Waals surface area contributed by atoms with Crippen molar-refractivity contribution >= 4 is 5.82 Å². The van der Waals surface area contributed by atoms with Crippen LogP contribution in [0.15, 0.2) is 6.07 Å². The predicted molar refractivity (Wildman–Crippen MR) is 70.4 cm³/mol. The largest absolute Gasteiger partial charge is 0.481 e. The van der Waals surface area contributed by atoms with Gasteiger partial charge in [-0.3, -0.25) is 0 Å². The quantitative estimate of drug-likeness (QED) is 0.874. The molecule has 0 aliphatic carbocycles. The number of hydrogen-bond donors (Lipinski definition) is 1. The number of anilines is 1. The third kappa shape index (κ3) is 4.21. The monoisotopic (exact) mass is 237 g/mol. The van der Waals surface area contributed by atoms with Gasteiger partial charge in [0.15, 0.2) is 0 Å². The summed E-state index contributed by atoms with van der Waals surface area (Å²) in [5.74, 6) is 2.70.